The third-order valence-electron chi connectivity index (χ3n) is 2.97. The predicted molar refractivity (Wildman–Crippen MR) is 68.7 cm³/mol. The highest BCUT2D eigenvalue weighted by molar-refractivity contribution is 5.04. The van der Waals surface area contributed by atoms with Gasteiger partial charge in [-0.25, -0.2) is 9.48 Å². The smallest absolute Gasteiger partial charge is 0.323 e. The highest BCUT2D eigenvalue weighted by Crippen LogP contribution is 2.04. The van der Waals surface area contributed by atoms with Crippen LogP contribution in [0.2, 0.25) is 0 Å². The van der Waals surface area contributed by atoms with Gasteiger partial charge in [0.1, 0.15) is 0 Å². The minimum absolute atomic E-state index is 0.207. The van der Waals surface area contributed by atoms with Gasteiger partial charge < -0.3 is 5.73 Å². The van der Waals surface area contributed by atoms with Crippen molar-refractivity contribution in [3.8, 4) is 0 Å². The fourth-order valence-electron chi connectivity index (χ4n) is 1.70. The molecular weight excluding hydrogens is 248 g/mol. The predicted octanol–water partition coefficient (Wildman–Crippen LogP) is -1.26. The number of hydrogen-bond acceptors (Lipinski definition) is 5. The van der Waals surface area contributed by atoms with Gasteiger partial charge in [0.15, 0.2) is 0 Å². The summed E-state index contributed by atoms with van der Waals surface area (Å²) in [5, 5.41) is 7.84. The Morgan fingerprint density at radius 1 is 1.32 bits per heavy atom. The number of hydrogen-bond donors (Lipinski definition) is 1. The van der Waals surface area contributed by atoms with E-state index in [9.17, 15) is 9.59 Å². The van der Waals surface area contributed by atoms with Crippen LogP contribution < -0.4 is 17.0 Å². The lowest BCUT2D eigenvalue weighted by atomic mass is 10.3. The van der Waals surface area contributed by atoms with E-state index in [2.05, 4.69) is 10.3 Å². The van der Waals surface area contributed by atoms with Gasteiger partial charge in [-0.05, 0) is 6.92 Å². The maximum absolute atomic E-state index is 11.8. The van der Waals surface area contributed by atoms with E-state index in [4.69, 9.17) is 5.73 Å². The summed E-state index contributed by atoms with van der Waals surface area (Å²) in [6.45, 7) is 2.10. The third kappa shape index (κ3) is 2.48. The molecule has 0 spiro atoms. The van der Waals surface area contributed by atoms with Crippen molar-refractivity contribution in [3.05, 3.63) is 44.5 Å². The summed E-state index contributed by atoms with van der Waals surface area (Å²) in [5.74, 6) is 0. The van der Waals surface area contributed by atoms with Crippen molar-refractivity contribution in [1.29, 1.82) is 0 Å². The van der Waals surface area contributed by atoms with E-state index in [1.54, 1.807) is 17.9 Å². The van der Waals surface area contributed by atoms with Gasteiger partial charge in [-0.3, -0.25) is 13.9 Å². The SMILES string of the molecule is CC(N)c1cn(Cc2cc(=O)n(C)c(=O)n2C)nn1. The van der Waals surface area contributed by atoms with Gasteiger partial charge in [0.05, 0.1) is 18.4 Å². The lowest BCUT2D eigenvalue weighted by Crippen LogP contribution is -2.38. The first kappa shape index (κ1) is 13.2. The molecule has 0 aliphatic carbocycles. The molecular formula is C11H16N6O2. The van der Waals surface area contributed by atoms with Gasteiger partial charge >= 0.3 is 5.69 Å². The van der Waals surface area contributed by atoms with E-state index in [-0.39, 0.29) is 17.3 Å². The van der Waals surface area contributed by atoms with Crippen LogP contribution in [0.3, 0.4) is 0 Å². The minimum Gasteiger partial charge on any atom is -0.323 e. The van der Waals surface area contributed by atoms with Crippen molar-refractivity contribution in [2.75, 3.05) is 0 Å². The van der Waals surface area contributed by atoms with Crippen molar-refractivity contribution in [3.63, 3.8) is 0 Å². The minimum atomic E-state index is -0.366. The fraction of sp³-hybridized carbons (Fsp3) is 0.455. The average Bonchev–Trinajstić information content (AvgIpc) is 2.82. The molecule has 2 heterocycles. The van der Waals surface area contributed by atoms with Gasteiger partial charge in [-0.2, -0.15) is 0 Å². The molecule has 19 heavy (non-hydrogen) atoms. The van der Waals surface area contributed by atoms with Gasteiger partial charge in [-0.15, -0.1) is 5.10 Å². The van der Waals surface area contributed by atoms with E-state index >= 15 is 0 Å². The summed E-state index contributed by atoms with van der Waals surface area (Å²) in [6, 6.07) is 1.20. The Bertz CT molecular complexity index is 709. The van der Waals surface area contributed by atoms with Crippen molar-refractivity contribution < 1.29 is 0 Å². The lowest BCUT2D eigenvalue weighted by molar-refractivity contribution is 0.582. The second kappa shape index (κ2) is 4.81. The number of aromatic nitrogens is 5. The van der Waals surface area contributed by atoms with Gasteiger partial charge in [0.25, 0.3) is 5.56 Å². The highest BCUT2D eigenvalue weighted by atomic mass is 16.2. The first-order chi connectivity index (χ1) is 8.90. The zero-order chi connectivity index (χ0) is 14.2. The topological polar surface area (TPSA) is 101 Å². The summed E-state index contributed by atoms with van der Waals surface area (Å²) >= 11 is 0. The third-order valence-corrected chi connectivity index (χ3v) is 2.97. The number of nitrogens with two attached hydrogens (primary N) is 1. The second-order valence-electron chi connectivity index (χ2n) is 4.50. The molecule has 0 saturated carbocycles. The summed E-state index contributed by atoms with van der Waals surface area (Å²) in [5.41, 5.74) is 6.21. The largest absolute Gasteiger partial charge is 0.330 e. The van der Waals surface area contributed by atoms with Gasteiger partial charge in [-0.1, -0.05) is 5.21 Å². The highest BCUT2D eigenvalue weighted by Gasteiger charge is 2.09. The number of rotatable bonds is 3. The standard InChI is InChI=1S/C11H16N6O2/c1-7(12)9-6-17(14-13-9)5-8-4-10(18)16(3)11(19)15(8)2/h4,6-7H,5,12H2,1-3H3. The van der Waals surface area contributed by atoms with Gasteiger partial charge in [0, 0.05) is 31.9 Å². The van der Waals surface area contributed by atoms with E-state index in [0.29, 0.717) is 17.9 Å². The Kier molecular flexibility index (Phi) is 3.34. The molecule has 0 amide bonds. The molecule has 8 nitrogen and oxygen atoms in total. The normalized spacial score (nSPS) is 12.6. The van der Waals surface area contributed by atoms with E-state index in [1.807, 2.05) is 6.92 Å². The molecule has 0 aliphatic rings. The van der Waals surface area contributed by atoms with Crippen LogP contribution in [-0.4, -0.2) is 24.1 Å². The quantitative estimate of drug-likeness (QED) is 0.746. The summed E-state index contributed by atoms with van der Waals surface area (Å²) in [7, 11) is 3.05. The van der Waals surface area contributed by atoms with Crippen molar-refractivity contribution in [1.82, 2.24) is 24.1 Å². The summed E-state index contributed by atoms with van der Waals surface area (Å²) in [4.78, 5) is 23.4. The Morgan fingerprint density at radius 2 is 2.00 bits per heavy atom. The molecule has 1 atom stereocenters. The summed E-state index contributed by atoms with van der Waals surface area (Å²) in [6.07, 6.45) is 1.70. The molecule has 2 rings (SSSR count). The molecule has 2 aromatic rings. The number of nitrogens with zero attached hydrogens (tertiary/aromatic N) is 5. The van der Waals surface area contributed by atoms with Crippen LogP contribution in [0.4, 0.5) is 0 Å². The zero-order valence-electron chi connectivity index (χ0n) is 11.1. The lowest BCUT2D eigenvalue weighted by Gasteiger charge is -2.08. The molecule has 0 aromatic carbocycles. The van der Waals surface area contributed by atoms with Gasteiger partial charge in [0.2, 0.25) is 0 Å². The van der Waals surface area contributed by atoms with Crippen molar-refractivity contribution in [2.24, 2.45) is 19.8 Å². The molecule has 102 valence electrons. The second-order valence-corrected chi connectivity index (χ2v) is 4.50. The van der Waals surface area contributed by atoms with Crippen LogP contribution in [0.15, 0.2) is 21.9 Å². The monoisotopic (exact) mass is 264 g/mol. The van der Waals surface area contributed by atoms with E-state index in [0.717, 1.165) is 4.57 Å². The molecule has 0 bridgehead atoms. The summed E-state index contributed by atoms with van der Waals surface area (Å²) < 4.78 is 4.01. The fourth-order valence-corrected chi connectivity index (χ4v) is 1.70. The van der Waals surface area contributed by atoms with Crippen LogP contribution in [0, 0.1) is 0 Å². The van der Waals surface area contributed by atoms with Crippen LogP contribution in [-0.2, 0) is 20.6 Å². The van der Waals surface area contributed by atoms with Crippen LogP contribution >= 0.6 is 0 Å². The maximum Gasteiger partial charge on any atom is 0.330 e. The van der Waals surface area contributed by atoms with E-state index in [1.165, 1.54) is 17.7 Å². The molecule has 2 N–H and O–H groups in total. The molecule has 8 heteroatoms. The molecule has 0 radical (unpaired) electrons. The average molecular weight is 264 g/mol. The first-order valence-corrected chi connectivity index (χ1v) is 5.81. The van der Waals surface area contributed by atoms with Crippen molar-refractivity contribution >= 4 is 0 Å². The Balaban J connectivity index is 2.38. The van der Waals surface area contributed by atoms with Crippen LogP contribution in [0.5, 0.6) is 0 Å². The Hall–Kier alpha value is -2.22. The van der Waals surface area contributed by atoms with Crippen molar-refractivity contribution in [2.45, 2.75) is 19.5 Å². The van der Waals surface area contributed by atoms with Crippen LogP contribution in [0.25, 0.3) is 0 Å². The molecule has 1 unspecified atom stereocenters. The van der Waals surface area contributed by atoms with E-state index < -0.39 is 0 Å². The molecule has 2 aromatic heterocycles. The zero-order valence-corrected chi connectivity index (χ0v) is 11.1. The Labute approximate surface area is 109 Å². The molecule has 0 saturated heterocycles. The first-order valence-electron chi connectivity index (χ1n) is 5.81. The maximum atomic E-state index is 11.8. The molecule has 0 aliphatic heterocycles. The molecule has 0 fully saturated rings. The van der Waals surface area contributed by atoms with Crippen LogP contribution in [0.1, 0.15) is 24.4 Å². The Morgan fingerprint density at radius 3 is 2.58 bits per heavy atom.